The molecule has 1 aromatic carbocycles. The highest BCUT2D eigenvalue weighted by Gasteiger charge is 2.20. The van der Waals surface area contributed by atoms with Crippen LogP contribution in [0.3, 0.4) is 0 Å². The minimum Gasteiger partial charge on any atom is -0.355 e. The van der Waals surface area contributed by atoms with Crippen LogP contribution in [0, 0.1) is 5.92 Å². The Morgan fingerprint density at radius 2 is 1.93 bits per heavy atom. The second-order valence-electron chi connectivity index (χ2n) is 7.34. The maximum Gasteiger partial charge on any atom is 0.234 e. The molecule has 0 atom stereocenters. The first-order valence-corrected chi connectivity index (χ1v) is 9.97. The van der Waals surface area contributed by atoms with Gasteiger partial charge in [-0.15, -0.1) is 12.4 Å². The van der Waals surface area contributed by atoms with Crippen LogP contribution in [0.15, 0.2) is 42.7 Å². The third kappa shape index (κ3) is 6.93. The Labute approximate surface area is 174 Å². The number of carbonyl (C=O) groups excluding carboxylic acids is 1. The van der Waals surface area contributed by atoms with E-state index in [9.17, 15) is 4.79 Å². The first kappa shape index (κ1) is 22.4. The maximum atomic E-state index is 12.2. The third-order valence-corrected chi connectivity index (χ3v) is 5.27. The van der Waals surface area contributed by atoms with Gasteiger partial charge in [-0.05, 0) is 76.0 Å². The normalized spacial score (nSPS) is 15.2. The van der Waals surface area contributed by atoms with E-state index < -0.39 is 0 Å². The monoisotopic (exact) mass is 405 g/mol. The van der Waals surface area contributed by atoms with E-state index in [-0.39, 0.29) is 18.3 Å². The van der Waals surface area contributed by atoms with Gasteiger partial charge in [0, 0.05) is 12.7 Å². The fraction of sp³-hybridized carbons (Fsp3) is 0.524. The van der Waals surface area contributed by atoms with Gasteiger partial charge in [0.05, 0.1) is 18.4 Å². The molecule has 0 saturated carbocycles. The van der Waals surface area contributed by atoms with Gasteiger partial charge in [0.25, 0.3) is 0 Å². The summed E-state index contributed by atoms with van der Waals surface area (Å²) in [7, 11) is 2.01. The first-order valence-electron chi connectivity index (χ1n) is 9.97. The Kier molecular flexibility index (Phi) is 9.47. The zero-order valence-corrected chi connectivity index (χ0v) is 17.5. The molecule has 0 radical (unpaired) electrons. The molecule has 0 bridgehead atoms. The molecule has 0 spiro atoms. The van der Waals surface area contributed by atoms with Crippen molar-refractivity contribution in [2.45, 2.75) is 25.7 Å². The maximum absolute atomic E-state index is 12.2. The number of rotatable bonds is 9. The molecule has 1 aliphatic heterocycles. The van der Waals surface area contributed by atoms with E-state index in [0.717, 1.165) is 43.2 Å². The molecule has 28 heavy (non-hydrogen) atoms. The van der Waals surface area contributed by atoms with Gasteiger partial charge in [-0.1, -0.05) is 18.2 Å². The summed E-state index contributed by atoms with van der Waals surface area (Å²) in [5.41, 5.74) is 2.18. The van der Waals surface area contributed by atoms with Crippen LogP contribution in [-0.2, 0) is 11.2 Å². The lowest BCUT2D eigenvalue weighted by molar-refractivity contribution is -0.122. The highest BCUT2D eigenvalue weighted by atomic mass is 35.5. The van der Waals surface area contributed by atoms with Gasteiger partial charge in [-0.2, -0.15) is 5.10 Å². The minimum absolute atomic E-state index is 0. The number of hydrogen-bond acceptors (Lipinski definition) is 4. The Balaban J connectivity index is 0.00000280. The predicted molar refractivity (Wildman–Crippen MR) is 115 cm³/mol. The van der Waals surface area contributed by atoms with Crippen LogP contribution >= 0.6 is 12.4 Å². The average Bonchev–Trinajstić information content (AvgIpc) is 3.17. The van der Waals surface area contributed by atoms with Crippen molar-refractivity contribution >= 4 is 18.3 Å². The Morgan fingerprint density at radius 3 is 2.64 bits per heavy atom. The number of nitrogens with zero attached hydrogens (tertiary/aromatic N) is 3. The Morgan fingerprint density at radius 1 is 1.18 bits per heavy atom. The molecule has 2 N–H and O–H groups in total. The molecule has 1 aromatic heterocycles. The number of likely N-dealkylation sites (tertiary alicyclic amines) is 1. The van der Waals surface area contributed by atoms with Crippen LogP contribution < -0.4 is 10.6 Å². The summed E-state index contributed by atoms with van der Waals surface area (Å²) in [5, 5.41) is 10.7. The second kappa shape index (κ2) is 11.8. The van der Waals surface area contributed by atoms with Crippen LogP contribution in [0.1, 0.15) is 24.8 Å². The number of carbonyl (C=O) groups is 1. The van der Waals surface area contributed by atoms with Gasteiger partial charge >= 0.3 is 0 Å². The zero-order chi connectivity index (χ0) is 18.9. The van der Waals surface area contributed by atoms with E-state index in [4.69, 9.17) is 0 Å². The van der Waals surface area contributed by atoms with Crippen molar-refractivity contribution in [3.05, 3.63) is 48.3 Å². The number of aromatic nitrogens is 2. The SMILES string of the molecule is CNCCC1CCN(CC(=O)NCCc2cnn(-c3ccccc3)c2)CC1.Cl. The Bertz CT molecular complexity index is 698. The zero-order valence-electron chi connectivity index (χ0n) is 16.6. The molecule has 154 valence electrons. The van der Waals surface area contributed by atoms with Crippen LogP contribution in [0.2, 0.25) is 0 Å². The molecule has 1 aliphatic rings. The molecule has 0 aliphatic carbocycles. The first-order chi connectivity index (χ1) is 13.2. The van der Waals surface area contributed by atoms with E-state index in [0.29, 0.717) is 13.1 Å². The molecule has 3 rings (SSSR count). The highest BCUT2D eigenvalue weighted by Crippen LogP contribution is 2.19. The molecule has 1 amide bonds. The van der Waals surface area contributed by atoms with Crippen LogP contribution in [0.5, 0.6) is 0 Å². The number of benzene rings is 1. The molecular weight excluding hydrogens is 374 g/mol. The van der Waals surface area contributed by atoms with Gasteiger partial charge in [0.15, 0.2) is 0 Å². The molecule has 2 aromatic rings. The average molecular weight is 406 g/mol. The van der Waals surface area contributed by atoms with Crippen molar-refractivity contribution in [3.63, 3.8) is 0 Å². The van der Waals surface area contributed by atoms with Crippen molar-refractivity contribution in [1.82, 2.24) is 25.3 Å². The number of halogens is 1. The number of amides is 1. The molecule has 6 nitrogen and oxygen atoms in total. The largest absolute Gasteiger partial charge is 0.355 e. The molecule has 2 heterocycles. The van der Waals surface area contributed by atoms with Crippen molar-refractivity contribution < 1.29 is 4.79 Å². The van der Waals surface area contributed by atoms with Crippen molar-refractivity contribution in [1.29, 1.82) is 0 Å². The molecule has 7 heteroatoms. The number of hydrogen-bond donors (Lipinski definition) is 2. The summed E-state index contributed by atoms with van der Waals surface area (Å²) in [6.45, 7) is 4.32. The fourth-order valence-electron chi connectivity index (χ4n) is 3.60. The smallest absolute Gasteiger partial charge is 0.234 e. The van der Waals surface area contributed by atoms with Crippen molar-refractivity contribution in [3.8, 4) is 5.69 Å². The Hall–Kier alpha value is -1.89. The summed E-state index contributed by atoms with van der Waals surface area (Å²) in [6.07, 6.45) is 8.34. The van der Waals surface area contributed by atoms with Crippen LogP contribution in [0.25, 0.3) is 5.69 Å². The summed E-state index contributed by atoms with van der Waals surface area (Å²) < 4.78 is 1.87. The van der Waals surface area contributed by atoms with E-state index in [1.54, 1.807) is 0 Å². The van der Waals surface area contributed by atoms with E-state index in [1.807, 2.05) is 54.5 Å². The fourth-order valence-corrected chi connectivity index (χ4v) is 3.60. The molecular formula is C21H32ClN5O. The summed E-state index contributed by atoms with van der Waals surface area (Å²) in [6, 6.07) is 10.1. The van der Waals surface area contributed by atoms with E-state index in [1.165, 1.54) is 19.3 Å². The second-order valence-corrected chi connectivity index (χ2v) is 7.34. The van der Waals surface area contributed by atoms with Gasteiger partial charge in [0.1, 0.15) is 0 Å². The number of nitrogens with one attached hydrogen (secondary N) is 2. The molecule has 0 unspecified atom stereocenters. The highest BCUT2D eigenvalue weighted by molar-refractivity contribution is 5.85. The van der Waals surface area contributed by atoms with Gasteiger partial charge in [-0.3, -0.25) is 9.69 Å². The summed E-state index contributed by atoms with van der Waals surface area (Å²) >= 11 is 0. The number of piperidine rings is 1. The topological polar surface area (TPSA) is 62.2 Å². The summed E-state index contributed by atoms with van der Waals surface area (Å²) in [5.74, 6) is 0.928. The van der Waals surface area contributed by atoms with Crippen LogP contribution in [-0.4, -0.2) is 60.4 Å². The predicted octanol–water partition coefficient (Wildman–Crippen LogP) is 2.27. The lowest BCUT2D eigenvalue weighted by Crippen LogP contribution is -2.42. The standard InChI is InChI=1S/C21H31N5O.ClH/c1-22-11-7-18-9-13-25(14-10-18)17-21(27)23-12-8-19-15-24-26(16-19)20-5-3-2-4-6-20;/h2-6,15-16,18,22H,7-14,17H2,1H3,(H,23,27);1H. The van der Waals surface area contributed by atoms with Gasteiger partial charge in [-0.25, -0.2) is 4.68 Å². The van der Waals surface area contributed by atoms with Crippen molar-refractivity contribution in [2.75, 3.05) is 39.8 Å². The lowest BCUT2D eigenvalue weighted by atomic mass is 9.93. The summed E-state index contributed by atoms with van der Waals surface area (Å²) in [4.78, 5) is 14.5. The molecule has 1 fully saturated rings. The minimum atomic E-state index is 0. The third-order valence-electron chi connectivity index (χ3n) is 5.27. The van der Waals surface area contributed by atoms with E-state index >= 15 is 0 Å². The quantitative estimate of drug-likeness (QED) is 0.671. The molecule has 1 saturated heterocycles. The van der Waals surface area contributed by atoms with E-state index in [2.05, 4.69) is 20.6 Å². The number of para-hydroxylation sites is 1. The van der Waals surface area contributed by atoms with Crippen LogP contribution in [0.4, 0.5) is 0 Å². The van der Waals surface area contributed by atoms with Crippen molar-refractivity contribution in [2.24, 2.45) is 5.92 Å². The van der Waals surface area contributed by atoms with Gasteiger partial charge < -0.3 is 10.6 Å². The van der Waals surface area contributed by atoms with Gasteiger partial charge in [0.2, 0.25) is 5.91 Å². The lowest BCUT2D eigenvalue weighted by Gasteiger charge is -2.31.